The number of hydrogen-bond acceptors (Lipinski definition) is 2. The minimum atomic E-state index is -0.875. The van der Waals surface area contributed by atoms with Crippen LogP contribution in [0.5, 0.6) is 0 Å². The van der Waals surface area contributed by atoms with Gasteiger partial charge in [0.1, 0.15) is 11.9 Å². The van der Waals surface area contributed by atoms with Crippen molar-refractivity contribution in [3.8, 4) is 0 Å². The number of primary amides is 1. The molecule has 4 aromatic rings. The van der Waals surface area contributed by atoms with E-state index in [-0.39, 0.29) is 18.7 Å². The van der Waals surface area contributed by atoms with Crippen molar-refractivity contribution >= 4 is 33.4 Å². The molecule has 0 bridgehead atoms. The average molecular weight is 400 g/mol. The molecule has 4 nitrogen and oxygen atoms in total. The van der Waals surface area contributed by atoms with Gasteiger partial charge < -0.3 is 11.1 Å². The molecule has 1 atom stereocenters. The summed E-state index contributed by atoms with van der Waals surface area (Å²) < 4.78 is 13.4. The van der Waals surface area contributed by atoms with Crippen LogP contribution in [0.4, 0.5) is 4.39 Å². The van der Waals surface area contributed by atoms with E-state index < -0.39 is 17.8 Å². The third kappa shape index (κ3) is 4.15. The van der Waals surface area contributed by atoms with Gasteiger partial charge in [-0.05, 0) is 50.9 Å². The maximum Gasteiger partial charge on any atom is 0.240 e. The summed E-state index contributed by atoms with van der Waals surface area (Å²) in [7, 11) is 0. The van der Waals surface area contributed by atoms with Gasteiger partial charge in [0.25, 0.3) is 0 Å². The summed E-state index contributed by atoms with van der Waals surface area (Å²) in [5, 5.41) is 6.87. The highest BCUT2D eigenvalue weighted by Crippen LogP contribution is 2.29. The molecule has 2 amide bonds. The number of nitrogens with two attached hydrogens (primary N) is 1. The first kappa shape index (κ1) is 19.6. The normalized spacial score (nSPS) is 12.0. The van der Waals surface area contributed by atoms with E-state index in [9.17, 15) is 14.0 Å². The first-order valence-electron chi connectivity index (χ1n) is 9.74. The van der Waals surface area contributed by atoms with Crippen LogP contribution in [-0.4, -0.2) is 17.9 Å². The van der Waals surface area contributed by atoms with Crippen LogP contribution in [0.2, 0.25) is 0 Å². The van der Waals surface area contributed by atoms with Crippen molar-refractivity contribution in [3.05, 3.63) is 95.8 Å². The summed E-state index contributed by atoms with van der Waals surface area (Å²) in [5.74, 6) is -1.40. The van der Waals surface area contributed by atoms with Gasteiger partial charge in [-0.25, -0.2) is 4.39 Å². The number of nitrogens with one attached hydrogen (secondary N) is 1. The summed E-state index contributed by atoms with van der Waals surface area (Å²) in [4.78, 5) is 24.7. The lowest BCUT2D eigenvalue weighted by atomic mass is 9.92. The number of carbonyl (C=O) groups is 2. The minimum Gasteiger partial charge on any atom is -0.368 e. The first-order valence-corrected chi connectivity index (χ1v) is 9.74. The fourth-order valence-corrected chi connectivity index (χ4v) is 3.83. The molecule has 0 aromatic heterocycles. The monoisotopic (exact) mass is 400 g/mol. The number of fused-ring (bicyclic) bond motifs is 2. The maximum absolute atomic E-state index is 13.4. The van der Waals surface area contributed by atoms with Gasteiger partial charge in [-0.2, -0.15) is 0 Å². The van der Waals surface area contributed by atoms with E-state index in [1.807, 2.05) is 48.5 Å². The van der Waals surface area contributed by atoms with Gasteiger partial charge in [-0.1, -0.05) is 60.7 Å². The number of rotatable bonds is 6. The van der Waals surface area contributed by atoms with E-state index in [2.05, 4.69) is 11.4 Å². The highest BCUT2D eigenvalue weighted by Gasteiger charge is 2.21. The van der Waals surface area contributed by atoms with Crippen molar-refractivity contribution < 1.29 is 14.0 Å². The highest BCUT2D eigenvalue weighted by molar-refractivity contribution is 6.03. The number of halogens is 1. The second kappa shape index (κ2) is 8.33. The van der Waals surface area contributed by atoms with Gasteiger partial charge in [-0.3, -0.25) is 9.59 Å². The third-order valence-corrected chi connectivity index (χ3v) is 5.22. The molecule has 4 aromatic carbocycles. The predicted molar refractivity (Wildman–Crippen MR) is 116 cm³/mol. The summed E-state index contributed by atoms with van der Waals surface area (Å²) in [6.45, 7) is 0. The van der Waals surface area contributed by atoms with E-state index in [4.69, 9.17) is 5.73 Å². The van der Waals surface area contributed by atoms with Gasteiger partial charge in [-0.15, -0.1) is 0 Å². The van der Waals surface area contributed by atoms with Crippen LogP contribution >= 0.6 is 0 Å². The molecule has 0 unspecified atom stereocenters. The van der Waals surface area contributed by atoms with Gasteiger partial charge in [0, 0.05) is 6.42 Å². The second-order valence-corrected chi connectivity index (χ2v) is 7.33. The molecule has 0 aliphatic rings. The van der Waals surface area contributed by atoms with Crippen molar-refractivity contribution in [1.29, 1.82) is 0 Å². The smallest absolute Gasteiger partial charge is 0.240 e. The van der Waals surface area contributed by atoms with Crippen LogP contribution in [0.3, 0.4) is 0 Å². The molecule has 0 fully saturated rings. The Hall–Kier alpha value is -3.73. The van der Waals surface area contributed by atoms with Crippen molar-refractivity contribution in [1.82, 2.24) is 5.32 Å². The second-order valence-electron chi connectivity index (χ2n) is 7.33. The lowest BCUT2D eigenvalue weighted by molar-refractivity contribution is -0.126. The molecular formula is C25H21FN2O2. The van der Waals surface area contributed by atoms with Gasteiger partial charge in [0.2, 0.25) is 11.8 Å². The van der Waals surface area contributed by atoms with E-state index in [1.165, 1.54) is 12.1 Å². The number of benzene rings is 4. The van der Waals surface area contributed by atoms with Crippen LogP contribution in [0, 0.1) is 5.82 Å². The molecule has 0 aliphatic heterocycles. The molecule has 30 heavy (non-hydrogen) atoms. The lowest BCUT2D eigenvalue weighted by Crippen LogP contribution is -2.46. The molecule has 0 aliphatic carbocycles. The Morgan fingerprint density at radius 2 is 1.50 bits per heavy atom. The van der Waals surface area contributed by atoms with E-state index in [0.717, 1.165) is 27.1 Å². The molecule has 0 saturated carbocycles. The molecule has 0 radical (unpaired) electrons. The van der Waals surface area contributed by atoms with E-state index >= 15 is 0 Å². The molecular weight excluding hydrogens is 379 g/mol. The number of carbonyl (C=O) groups excluding carboxylic acids is 2. The van der Waals surface area contributed by atoms with Crippen molar-refractivity contribution in [2.24, 2.45) is 5.73 Å². The predicted octanol–water partition coefficient (Wildman–Crippen LogP) is 3.89. The zero-order valence-corrected chi connectivity index (χ0v) is 16.3. The quantitative estimate of drug-likeness (QED) is 0.482. The molecule has 5 heteroatoms. The van der Waals surface area contributed by atoms with Gasteiger partial charge >= 0.3 is 0 Å². The summed E-state index contributed by atoms with van der Waals surface area (Å²) in [5.41, 5.74) is 7.12. The van der Waals surface area contributed by atoms with Gasteiger partial charge in [0.05, 0.1) is 6.42 Å². The minimum absolute atomic E-state index is 0.0299. The van der Waals surface area contributed by atoms with Crippen LogP contribution in [0.1, 0.15) is 11.1 Å². The van der Waals surface area contributed by atoms with Crippen molar-refractivity contribution in [3.63, 3.8) is 0 Å². The van der Waals surface area contributed by atoms with E-state index in [1.54, 1.807) is 12.1 Å². The number of hydrogen-bond donors (Lipinski definition) is 2. The van der Waals surface area contributed by atoms with Crippen LogP contribution in [0.15, 0.2) is 78.9 Å². The summed E-state index contributed by atoms with van der Waals surface area (Å²) >= 11 is 0. The van der Waals surface area contributed by atoms with Crippen molar-refractivity contribution in [2.45, 2.75) is 18.9 Å². The molecule has 0 heterocycles. The van der Waals surface area contributed by atoms with Crippen molar-refractivity contribution in [2.75, 3.05) is 0 Å². The molecule has 4 rings (SSSR count). The Kier molecular flexibility index (Phi) is 5.44. The Morgan fingerprint density at radius 3 is 2.10 bits per heavy atom. The SMILES string of the molecule is NC(=O)[C@H](Cc1c2ccccc2cc2ccccc12)NC(=O)Cc1cccc(F)c1. The zero-order chi connectivity index (χ0) is 21.1. The van der Waals surface area contributed by atoms with Gasteiger partial charge in [0.15, 0.2) is 0 Å². The Balaban J connectivity index is 1.65. The molecule has 0 saturated heterocycles. The first-order chi connectivity index (χ1) is 14.5. The van der Waals surface area contributed by atoms with Crippen LogP contribution < -0.4 is 11.1 Å². The maximum atomic E-state index is 13.4. The zero-order valence-electron chi connectivity index (χ0n) is 16.3. The number of amides is 2. The van der Waals surface area contributed by atoms with Crippen LogP contribution in [-0.2, 0) is 22.4 Å². The molecule has 0 spiro atoms. The summed E-state index contributed by atoms with van der Waals surface area (Å²) in [6, 6.07) is 22.9. The van der Waals surface area contributed by atoms with Crippen LogP contribution in [0.25, 0.3) is 21.5 Å². The summed E-state index contributed by atoms with van der Waals surface area (Å²) in [6.07, 6.45) is 0.240. The fourth-order valence-electron chi connectivity index (χ4n) is 3.83. The Bertz CT molecular complexity index is 1200. The molecule has 3 N–H and O–H groups in total. The third-order valence-electron chi connectivity index (χ3n) is 5.22. The highest BCUT2D eigenvalue weighted by atomic mass is 19.1. The fraction of sp³-hybridized carbons (Fsp3) is 0.120. The Labute approximate surface area is 173 Å². The largest absolute Gasteiger partial charge is 0.368 e. The molecule has 150 valence electrons. The van der Waals surface area contributed by atoms with E-state index in [0.29, 0.717) is 5.56 Å². The lowest BCUT2D eigenvalue weighted by Gasteiger charge is -2.19. The average Bonchev–Trinajstić information content (AvgIpc) is 2.72. The standard InChI is InChI=1S/C25H21FN2O2/c26-19-9-5-6-16(12-19)13-24(29)28-23(25(27)30)15-22-20-10-3-1-7-17(20)14-18-8-2-4-11-21(18)22/h1-12,14,23H,13,15H2,(H2,27,30)(H,28,29)/t23-/m0/s1. The Morgan fingerprint density at radius 1 is 0.867 bits per heavy atom. The topological polar surface area (TPSA) is 72.2 Å².